The number of esters is 1. The lowest BCUT2D eigenvalue weighted by Crippen LogP contribution is -2.43. The van der Waals surface area contributed by atoms with Gasteiger partial charge in [0.2, 0.25) is 0 Å². The number of methoxy groups -OCH3 is 1. The van der Waals surface area contributed by atoms with E-state index in [-0.39, 0.29) is 5.92 Å². The van der Waals surface area contributed by atoms with Gasteiger partial charge in [-0.1, -0.05) is 19.0 Å². The van der Waals surface area contributed by atoms with Crippen molar-refractivity contribution in [2.75, 3.05) is 13.7 Å². The molecule has 5 heteroatoms. The number of oxime groups is 1. The number of carbonyl (C=O) groups excluding carboxylic acids is 1. The molecule has 0 saturated heterocycles. The zero-order valence-electron chi connectivity index (χ0n) is 10.3. The Bertz CT molecular complexity index is 290. The molecule has 0 aromatic heterocycles. The highest BCUT2D eigenvalue weighted by Gasteiger charge is 2.49. The standard InChI is InChI=1S/C11H19NO4/c1-5-8(3)9-7-11(15-6-2,16-12-9)10(13)14-4/h8H,5-7H2,1-4H3. The molecule has 1 aliphatic rings. The molecule has 0 radical (unpaired) electrons. The van der Waals surface area contributed by atoms with Crippen LogP contribution in [0, 0.1) is 5.92 Å². The van der Waals surface area contributed by atoms with E-state index in [1.54, 1.807) is 6.92 Å². The molecule has 1 heterocycles. The van der Waals surface area contributed by atoms with Crippen LogP contribution in [0.15, 0.2) is 5.16 Å². The number of carbonyl (C=O) groups is 1. The maximum Gasteiger partial charge on any atom is 0.382 e. The van der Waals surface area contributed by atoms with Crippen molar-refractivity contribution >= 4 is 11.7 Å². The lowest BCUT2D eigenvalue weighted by Gasteiger charge is -2.23. The van der Waals surface area contributed by atoms with Crippen molar-refractivity contribution in [2.24, 2.45) is 11.1 Å². The van der Waals surface area contributed by atoms with Crippen molar-refractivity contribution < 1.29 is 19.1 Å². The summed E-state index contributed by atoms with van der Waals surface area (Å²) in [7, 11) is 1.31. The second kappa shape index (κ2) is 5.30. The predicted molar refractivity (Wildman–Crippen MR) is 59.0 cm³/mol. The Morgan fingerprint density at radius 2 is 2.31 bits per heavy atom. The van der Waals surface area contributed by atoms with Gasteiger partial charge < -0.3 is 14.3 Å². The van der Waals surface area contributed by atoms with E-state index >= 15 is 0 Å². The minimum atomic E-state index is -1.36. The average Bonchev–Trinajstić information content (AvgIpc) is 2.73. The summed E-state index contributed by atoms with van der Waals surface area (Å²) in [4.78, 5) is 16.8. The van der Waals surface area contributed by atoms with E-state index < -0.39 is 11.8 Å². The molecule has 5 nitrogen and oxygen atoms in total. The van der Waals surface area contributed by atoms with E-state index in [4.69, 9.17) is 9.57 Å². The highest BCUT2D eigenvalue weighted by molar-refractivity contribution is 5.93. The fourth-order valence-corrected chi connectivity index (χ4v) is 1.57. The van der Waals surface area contributed by atoms with Crippen LogP contribution in [0.4, 0.5) is 0 Å². The van der Waals surface area contributed by atoms with Gasteiger partial charge in [0.25, 0.3) is 0 Å². The summed E-state index contributed by atoms with van der Waals surface area (Å²) in [5.41, 5.74) is 0.848. The van der Waals surface area contributed by atoms with Gasteiger partial charge in [-0.15, -0.1) is 0 Å². The van der Waals surface area contributed by atoms with Crippen LogP contribution < -0.4 is 0 Å². The molecule has 0 bridgehead atoms. The van der Waals surface area contributed by atoms with Crippen molar-refractivity contribution in [1.82, 2.24) is 0 Å². The van der Waals surface area contributed by atoms with Crippen LogP contribution in [0.5, 0.6) is 0 Å². The first-order valence-corrected chi connectivity index (χ1v) is 5.57. The van der Waals surface area contributed by atoms with Gasteiger partial charge in [0.1, 0.15) is 0 Å². The molecule has 0 spiro atoms. The van der Waals surface area contributed by atoms with Gasteiger partial charge in [-0.05, 0) is 19.3 Å². The van der Waals surface area contributed by atoms with Crippen LogP contribution >= 0.6 is 0 Å². The number of hydrogen-bond acceptors (Lipinski definition) is 5. The van der Waals surface area contributed by atoms with Gasteiger partial charge >= 0.3 is 11.8 Å². The fourth-order valence-electron chi connectivity index (χ4n) is 1.57. The summed E-state index contributed by atoms with van der Waals surface area (Å²) >= 11 is 0. The summed E-state index contributed by atoms with van der Waals surface area (Å²) in [6, 6.07) is 0. The third kappa shape index (κ3) is 2.35. The number of hydrogen-bond donors (Lipinski definition) is 0. The van der Waals surface area contributed by atoms with Crippen LogP contribution in [0.25, 0.3) is 0 Å². The Kier molecular flexibility index (Phi) is 4.29. The predicted octanol–water partition coefficient (Wildman–Crippen LogP) is 1.71. The van der Waals surface area contributed by atoms with Gasteiger partial charge in [-0.2, -0.15) is 0 Å². The summed E-state index contributed by atoms with van der Waals surface area (Å²) in [5, 5.41) is 3.94. The number of rotatable bonds is 5. The smallest absolute Gasteiger partial charge is 0.382 e. The molecule has 0 N–H and O–H groups in total. The highest BCUT2D eigenvalue weighted by Crippen LogP contribution is 2.30. The second-order valence-electron chi connectivity index (χ2n) is 3.84. The van der Waals surface area contributed by atoms with Crippen LogP contribution in [0.2, 0.25) is 0 Å². The first kappa shape index (κ1) is 13.0. The monoisotopic (exact) mass is 229 g/mol. The van der Waals surface area contributed by atoms with Gasteiger partial charge in [-0.3, -0.25) is 0 Å². The van der Waals surface area contributed by atoms with Gasteiger partial charge in [0.15, 0.2) is 0 Å². The molecular formula is C11H19NO4. The molecule has 0 aromatic carbocycles. The number of nitrogens with zero attached hydrogens (tertiary/aromatic N) is 1. The summed E-state index contributed by atoms with van der Waals surface area (Å²) < 4.78 is 10.0. The van der Waals surface area contributed by atoms with Crippen LogP contribution in [-0.4, -0.2) is 31.2 Å². The quantitative estimate of drug-likeness (QED) is 0.673. The largest absolute Gasteiger partial charge is 0.464 e. The summed E-state index contributed by atoms with van der Waals surface area (Å²) in [5.74, 6) is -1.61. The van der Waals surface area contributed by atoms with E-state index in [9.17, 15) is 4.79 Å². The minimum Gasteiger partial charge on any atom is -0.464 e. The Morgan fingerprint density at radius 3 is 2.81 bits per heavy atom. The Labute approximate surface area is 95.7 Å². The van der Waals surface area contributed by atoms with Crippen molar-refractivity contribution in [3.63, 3.8) is 0 Å². The lowest BCUT2D eigenvalue weighted by molar-refractivity contribution is -0.235. The van der Waals surface area contributed by atoms with E-state index in [2.05, 4.69) is 16.8 Å². The fraction of sp³-hybridized carbons (Fsp3) is 0.818. The van der Waals surface area contributed by atoms with E-state index in [0.29, 0.717) is 13.0 Å². The minimum absolute atomic E-state index is 0.284. The maximum atomic E-state index is 11.6. The van der Waals surface area contributed by atoms with Crippen molar-refractivity contribution in [1.29, 1.82) is 0 Å². The molecule has 1 aliphatic heterocycles. The SMILES string of the molecule is CCOC1(C(=O)OC)CC(C(C)CC)=NO1. The zero-order valence-corrected chi connectivity index (χ0v) is 10.3. The van der Waals surface area contributed by atoms with Gasteiger partial charge in [0.05, 0.1) is 19.2 Å². The molecule has 92 valence electrons. The Morgan fingerprint density at radius 1 is 1.62 bits per heavy atom. The normalized spacial score (nSPS) is 25.9. The van der Waals surface area contributed by atoms with Crippen LogP contribution in [0.3, 0.4) is 0 Å². The van der Waals surface area contributed by atoms with Crippen molar-refractivity contribution in [2.45, 2.75) is 39.4 Å². The molecule has 0 fully saturated rings. The molecule has 2 atom stereocenters. The molecule has 2 unspecified atom stereocenters. The highest BCUT2D eigenvalue weighted by atomic mass is 16.8. The molecule has 1 rings (SSSR count). The van der Waals surface area contributed by atoms with Crippen LogP contribution in [-0.2, 0) is 19.1 Å². The molecule has 0 aliphatic carbocycles. The van der Waals surface area contributed by atoms with Gasteiger partial charge in [0, 0.05) is 6.61 Å². The second-order valence-corrected chi connectivity index (χ2v) is 3.84. The third-order valence-electron chi connectivity index (χ3n) is 2.78. The topological polar surface area (TPSA) is 57.1 Å². The molecule has 0 aromatic rings. The molecule has 16 heavy (non-hydrogen) atoms. The van der Waals surface area contributed by atoms with E-state index in [1.165, 1.54) is 7.11 Å². The van der Waals surface area contributed by atoms with Crippen LogP contribution in [0.1, 0.15) is 33.6 Å². The molecule has 0 amide bonds. The Hall–Kier alpha value is -1.10. The van der Waals surface area contributed by atoms with Gasteiger partial charge in [-0.25, -0.2) is 4.79 Å². The maximum absolute atomic E-state index is 11.6. The molecule has 0 saturated carbocycles. The summed E-state index contributed by atoms with van der Waals surface area (Å²) in [6.07, 6.45) is 1.30. The molecular weight excluding hydrogens is 210 g/mol. The average molecular weight is 229 g/mol. The lowest BCUT2D eigenvalue weighted by atomic mass is 9.97. The summed E-state index contributed by atoms with van der Waals surface area (Å²) in [6.45, 7) is 6.28. The van der Waals surface area contributed by atoms with Crippen molar-refractivity contribution in [3.8, 4) is 0 Å². The van der Waals surface area contributed by atoms with E-state index in [1.807, 2.05) is 6.92 Å². The number of ether oxygens (including phenoxy) is 2. The van der Waals surface area contributed by atoms with Crippen molar-refractivity contribution in [3.05, 3.63) is 0 Å². The third-order valence-corrected chi connectivity index (χ3v) is 2.78. The first-order chi connectivity index (χ1) is 7.59. The van der Waals surface area contributed by atoms with E-state index in [0.717, 1.165) is 12.1 Å². The zero-order chi connectivity index (χ0) is 12.2. The first-order valence-electron chi connectivity index (χ1n) is 5.57. The Balaban J connectivity index is 2.76.